The van der Waals surface area contributed by atoms with Crippen LogP contribution in [0.3, 0.4) is 0 Å². The van der Waals surface area contributed by atoms with E-state index in [1.54, 1.807) is 36.4 Å². The van der Waals surface area contributed by atoms with E-state index in [0.717, 1.165) is 4.90 Å². The highest BCUT2D eigenvalue weighted by Gasteiger charge is 2.64. The van der Waals surface area contributed by atoms with Crippen molar-refractivity contribution in [2.45, 2.75) is 12.1 Å². The van der Waals surface area contributed by atoms with Gasteiger partial charge in [-0.1, -0.05) is 29.8 Å². The van der Waals surface area contributed by atoms with Gasteiger partial charge in [-0.2, -0.15) is 5.10 Å². The smallest absolute Gasteiger partial charge is 0.270 e. The lowest BCUT2D eigenvalue weighted by Crippen LogP contribution is -2.46. The highest BCUT2D eigenvalue weighted by molar-refractivity contribution is 6.31. The van der Waals surface area contributed by atoms with Gasteiger partial charge in [0.2, 0.25) is 11.8 Å². The number of fused-ring (bicyclic) bond motifs is 3. The maximum atomic E-state index is 13.5. The monoisotopic (exact) mass is 450 g/mol. The number of nitrogens with zero attached hydrogens (tertiary/aromatic N) is 4. The summed E-state index contributed by atoms with van der Waals surface area (Å²) in [6, 6.07) is 9.98. The topological polar surface area (TPSA) is 113 Å². The molecule has 0 unspecified atom stereocenters. The maximum absolute atomic E-state index is 13.5. The van der Waals surface area contributed by atoms with Crippen LogP contribution < -0.4 is 4.90 Å². The molecule has 0 saturated carbocycles. The fourth-order valence-electron chi connectivity index (χ4n) is 4.63. The van der Waals surface area contributed by atoms with Gasteiger partial charge >= 0.3 is 0 Å². The van der Waals surface area contributed by atoms with Gasteiger partial charge in [0, 0.05) is 28.9 Å². The Balaban J connectivity index is 1.57. The summed E-state index contributed by atoms with van der Waals surface area (Å²) < 4.78 is 0. The van der Waals surface area contributed by atoms with Crippen LogP contribution in [-0.4, -0.2) is 45.8 Å². The number of rotatable bonds is 4. The Morgan fingerprint density at radius 2 is 1.78 bits per heavy atom. The highest BCUT2D eigenvalue weighted by Crippen LogP contribution is 2.46. The SMILES string of the molecule is O=C(c1cccc([N+](=O)[O-])c1)[C@@H]1[C@H]2C(=O)N(c3ccc(Cl)cc3)C(=O)[C@@H]2[C@H]2C=CC=NN21. The minimum absolute atomic E-state index is 0.0820. The van der Waals surface area contributed by atoms with Crippen LogP contribution in [0.5, 0.6) is 0 Å². The molecule has 3 aliphatic rings. The molecule has 32 heavy (non-hydrogen) atoms. The molecule has 4 atom stereocenters. The van der Waals surface area contributed by atoms with Crippen LogP contribution in [-0.2, 0) is 9.59 Å². The molecule has 2 saturated heterocycles. The first kappa shape index (κ1) is 20.1. The fourth-order valence-corrected chi connectivity index (χ4v) is 4.75. The molecule has 2 amide bonds. The second kappa shape index (κ2) is 7.38. The number of anilines is 1. The van der Waals surface area contributed by atoms with Crippen LogP contribution in [0, 0.1) is 22.0 Å². The Morgan fingerprint density at radius 1 is 1.06 bits per heavy atom. The third-order valence-electron chi connectivity index (χ3n) is 5.99. The van der Waals surface area contributed by atoms with E-state index in [1.165, 1.54) is 35.5 Å². The van der Waals surface area contributed by atoms with Crippen molar-refractivity contribution in [2.24, 2.45) is 16.9 Å². The first-order valence-corrected chi connectivity index (χ1v) is 10.2. The van der Waals surface area contributed by atoms with Gasteiger partial charge in [-0.15, -0.1) is 0 Å². The van der Waals surface area contributed by atoms with Crippen LogP contribution in [0.4, 0.5) is 11.4 Å². The van der Waals surface area contributed by atoms with Crippen molar-refractivity contribution >= 4 is 46.8 Å². The fraction of sp³-hybridized carbons (Fsp3) is 0.182. The number of amides is 2. The van der Waals surface area contributed by atoms with Gasteiger partial charge in [0.25, 0.3) is 5.69 Å². The zero-order valence-electron chi connectivity index (χ0n) is 16.4. The zero-order chi connectivity index (χ0) is 22.6. The van der Waals surface area contributed by atoms with E-state index >= 15 is 0 Å². The third-order valence-corrected chi connectivity index (χ3v) is 6.24. The van der Waals surface area contributed by atoms with E-state index < -0.39 is 46.4 Å². The Kier molecular flexibility index (Phi) is 4.63. The van der Waals surface area contributed by atoms with Crippen molar-refractivity contribution in [3.8, 4) is 0 Å². The normalized spacial score (nSPS) is 25.8. The standard InChI is InChI=1S/C22H15ClN4O5/c23-13-6-8-14(9-7-13)25-21(29)17-16-5-2-10-24-26(16)19(18(17)22(25)30)20(28)12-3-1-4-15(11-12)27(31)32/h1-11,16-19H/t16-,17-,18+,19+/m1/s1. The lowest BCUT2D eigenvalue weighted by atomic mass is 9.86. The number of hydrogen-bond donors (Lipinski definition) is 0. The number of allylic oxidation sites excluding steroid dienone is 1. The number of non-ortho nitro benzene ring substituents is 1. The largest absolute Gasteiger partial charge is 0.292 e. The Labute approximate surface area is 186 Å². The van der Waals surface area contributed by atoms with Gasteiger partial charge < -0.3 is 0 Å². The lowest BCUT2D eigenvalue weighted by molar-refractivity contribution is -0.384. The minimum atomic E-state index is -1.07. The van der Waals surface area contributed by atoms with E-state index in [2.05, 4.69) is 5.10 Å². The Hall–Kier alpha value is -3.85. The molecule has 0 N–H and O–H groups in total. The first-order valence-electron chi connectivity index (χ1n) is 9.79. The van der Waals surface area contributed by atoms with E-state index in [4.69, 9.17) is 11.6 Å². The molecule has 10 heteroatoms. The molecule has 2 aromatic carbocycles. The van der Waals surface area contributed by atoms with Crippen molar-refractivity contribution in [2.75, 3.05) is 4.90 Å². The Morgan fingerprint density at radius 3 is 2.50 bits per heavy atom. The molecule has 160 valence electrons. The number of hydrazone groups is 1. The molecule has 3 aliphatic heterocycles. The number of benzene rings is 2. The summed E-state index contributed by atoms with van der Waals surface area (Å²) >= 11 is 5.93. The van der Waals surface area contributed by atoms with Crippen LogP contribution in [0.15, 0.2) is 65.8 Å². The van der Waals surface area contributed by atoms with Crippen LogP contribution in [0.25, 0.3) is 0 Å². The second-order valence-electron chi connectivity index (χ2n) is 7.68. The quantitative estimate of drug-likeness (QED) is 0.306. The molecule has 0 aromatic heterocycles. The molecule has 0 spiro atoms. The number of hydrogen-bond acceptors (Lipinski definition) is 7. The molecule has 0 bridgehead atoms. The number of Topliss-reactive ketones (excluding diaryl/α,β-unsaturated/α-hetero) is 1. The number of carbonyl (C=O) groups excluding carboxylic acids is 3. The number of imide groups is 1. The second-order valence-corrected chi connectivity index (χ2v) is 8.11. The molecule has 0 radical (unpaired) electrons. The van der Waals surface area contributed by atoms with E-state index in [9.17, 15) is 24.5 Å². The molecule has 2 aromatic rings. The van der Waals surface area contributed by atoms with Gasteiger partial charge in [-0.3, -0.25) is 29.5 Å². The van der Waals surface area contributed by atoms with Crippen LogP contribution in [0.2, 0.25) is 5.02 Å². The number of nitro benzene ring substituents is 1. The van der Waals surface area contributed by atoms with Gasteiger partial charge in [-0.25, -0.2) is 4.90 Å². The molecule has 2 fully saturated rings. The molecule has 0 aliphatic carbocycles. The van der Waals surface area contributed by atoms with Gasteiger partial charge in [0.1, 0.15) is 6.04 Å². The summed E-state index contributed by atoms with van der Waals surface area (Å²) in [5.74, 6) is -3.22. The molecule has 5 rings (SSSR count). The average Bonchev–Trinajstić information content (AvgIpc) is 3.27. The van der Waals surface area contributed by atoms with E-state index in [0.29, 0.717) is 10.7 Å². The number of nitro groups is 1. The minimum Gasteiger partial charge on any atom is -0.292 e. The van der Waals surface area contributed by atoms with Gasteiger partial charge in [0.15, 0.2) is 5.78 Å². The van der Waals surface area contributed by atoms with Crippen LogP contribution >= 0.6 is 11.6 Å². The van der Waals surface area contributed by atoms with E-state index in [1.807, 2.05) is 0 Å². The summed E-state index contributed by atoms with van der Waals surface area (Å²) in [6.45, 7) is 0. The summed E-state index contributed by atoms with van der Waals surface area (Å²) in [4.78, 5) is 52.0. The van der Waals surface area contributed by atoms with Gasteiger partial charge in [-0.05, 0) is 30.3 Å². The van der Waals surface area contributed by atoms with E-state index in [-0.39, 0.29) is 11.3 Å². The van der Waals surface area contributed by atoms with Crippen molar-refractivity contribution in [3.63, 3.8) is 0 Å². The average molecular weight is 451 g/mol. The van der Waals surface area contributed by atoms with Crippen molar-refractivity contribution in [3.05, 3.63) is 81.4 Å². The predicted octanol–water partition coefficient (Wildman–Crippen LogP) is 2.85. The Bertz CT molecular complexity index is 1230. The predicted molar refractivity (Wildman–Crippen MR) is 115 cm³/mol. The number of halogens is 1. The maximum Gasteiger partial charge on any atom is 0.270 e. The zero-order valence-corrected chi connectivity index (χ0v) is 17.1. The van der Waals surface area contributed by atoms with Crippen molar-refractivity contribution < 1.29 is 19.3 Å². The summed E-state index contributed by atoms with van der Waals surface area (Å²) in [6.07, 6.45) is 4.89. The number of ketones is 1. The molecule has 9 nitrogen and oxygen atoms in total. The summed E-state index contributed by atoms with van der Waals surface area (Å²) in [5.41, 5.74) is 0.217. The highest BCUT2D eigenvalue weighted by atomic mass is 35.5. The molecular formula is C22H15ClN4O5. The molecule has 3 heterocycles. The first-order chi connectivity index (χ1) is 15.4. The summed E-state index contributed by atoms with van der Waals surface area (Å²) in [5, 5.41) is 17.4. The van der Waals surface area contributed by atoms with Crippen molar-refractivity contribution in [1.29, 1.82) is 0 Å². The third kappa shape index (κ3) is 2.93. The van der Waals surface area contributed by atoms with Crippen molar-refractivity contribution in [1.82, 2.24) is 5.01 Å². The molecular weight excluding hydrogens is 436 g/mol. The lowest BCUT2D eigenvalue weighted by Gasteiger charge is -2.30. The van der Waals surface area contributed by atoms with Crippen LogP contribution in [0.1, 0.15) is 10.4 Å². The number of carbonyl (C=O) groups is 3. The van der Waals surface area contributed by atoms with Gasteiger partial charge in [0.05, 0.1) is 28.5 Å². The summed E-state index contributed by atoms with van der Waals surface area (Å²) in [7, 11) is 0.